The van der Waals surface area contributed by atoms with Gasteiger partial charge in [0.25, 0.3) is 0 Å². The largest absolute Gasteiger partial charge is 0.396 e. The first-order chi connectivity index (χ1) is 14.5. The Hall–Kier alpha value is -2.77. The van der Waals surface area contributed by atoms with Crippen molar-refractivity contribution < 1.29 is 5.11 Å². The van der Waals surface area contributed by atoms with Crippen LogP contribution in [0.1, 0.15) is 32.5 Å². The third-order valence-corrected chi connectivity index (χ3v) is 5.82. The summed E-state index contributed by atoms with van der Waals surface area (Å²) in [7, 11) is 0. The fourth-order valence-corrected chi connectivity index (χ4v) is 4.07. The van der Waals surface area contributed by atoms with Crippen LogP contribution in [-0.4, -0.2) is 56.4 Å². The number of piperidine rings is 1. The number of anilines is 1. The number of hydrogen-bond acceptors (Lipinski definition) is 6. The lowest BCUT2D eigenvalue weighted by Crippen LogP contribution is -2.50. The van der Waals surface area contributed by atoms with Crippen molar-refractivity contribution in [3.05, 3.63) is 60.7 Å². The molecular weight excluding hydrogens is 376 g/mol. The average Bonchev–Trinajstić information content (AvgIpc) is 3.28. The Morgan fingerprint density at radius 2 is 1.80 bits per heavy atom. The first-order valence-electron chi connectivity index (χ1n) is 10.5. The van der Waals surface area contributed by atoms with E-state index in [1.165, 1.54) is 0 Å². The lowest BCUT2D eigenvalue weighted by molar-refractivity contribution is 0.0770. The Labute approximate surface area is 177 Å². The number of H-pyrrole nitrogens is 1. The number of benzene rings is 1. The molecule has 0 amide bonds. The van der Waals surface area contributed by atoms with Crippen molar-refractivity contribution in [1.82, 2.24) is 25.1 Å². The third-order valence-electron chi connectivity index (χ3n) is 5.82. The van der Waals surface area contributed by atoms with E-state index in [1.54, 1.807) is 12.4 Å². The lowest BCUT2D eigenvalue weighted by atomic mass is 9.84. The van der Waals surface area contributed by atoms with E-state index in [-0.39, 0.29) is 17.6 Å². The topological polar surface area (TPSA) is 90.0 Å². The van der Waals surface area contributed by atoms with Crippen LogP contribution in [0.25, 0.3) is 11.4 Å². The van der Waals surface area contributed by atoms with Gasteiger partial charge >= 0.3 is 0 Å². The molecule has 7 nitrogen and oxygen atoms in total. The number of nitrogens with one attached hydrogen (secondary N) is 2. The number of aliphatic hydroxyl groups excluding tert-OH is 1. The minimum absolute atomic E-state index is 0.104. The number of aromatic nitrogens is 4. The summed E-state index contributed by atoms with van der Waals surface area (Å²) in [6.45, 7) is 7.13. The second kappa shape index (κ2) is 8.53. The highest BCUT2D eigenvalue weighted by atomic mass is 16.3. The van der Waals surface area contributed by atoms with Gasteiger partial charge in [-0.3, -0.25) is 10.1 Å². The Morgan fingerprint density at radius 1 is 1.10 bits per heavy atom. The summed E-state index contributed by atoms with van der Waals surface area (Å²) in [6, 6.07) is 14.1. The van der Waals surface area contributed by atoms with Crippen LogP contribution in [0.5, 0.6) is 0 Å². The van der Waals surface area contributed by atoms with Gasteiger partial charge in [-0.05, 0) is 37.1 Å². The highest BCUT2D eigenvalue weighted by molar-refractivity contribution is 5.54. The highest BCUT2D eigenvalue weighted by Crippen LogP contribution is 2.36. The minimum Gasteiger partial charge on any atom is -0.396 e. The van der Waals surface area contributed by atoms with E-state index in [0.29, 0.717) is 5.82 Å². The number of aliphatic hydroxyl groups is 1. The summed E-state index contributed by atoms with van der Waals surface area (Å²) in [5.74, 6) is 1.55. The van der Waals surface area contributed by atoms with Gasteiger partial charge in [0.05, 0.1) is 5.54 Å². The molecule has 158 valence electrons. The van der Waals surface area contributed by atoms with Crippen LogP contribution >= 0.6 is 0 Å². The van der Waals surface area contributed by atoms with Gasteiger partial charge in [0.1, 0.15) is 0 Å². The lowest BCUT2D eigenvalue weighted by Gasteiger charge is -2.43. The summed E-state index contributed by atoms with van der Waals surface area (Å²) in [6.07, 6.45) is 5.30. The normalized spacial score (nSPS) is 17.0. The van der Waals surface area contributed by atoms with Gasteiger partial charge in [0.15, 0.2) is 11.6 Å². The fourth-order valence-electron chi connectivity index (χ4n) is 4.07. The Balaban J connectivity index is 1.59. The Bertz CT molecular complexity index is 933. The van der Waals surface area contributed by atoms with E-state index in [1.807, 2.05) is 30.3 Å². The maximum Gasteiger partial charge on any atom is 0.181 e. The second-order valence-electron chi connectivity index (χ2n) is 8.92. The van der Waals surface area contributed by atoms with Crippen molar-refractivity contribution in [2.24, 2.45) is 5.41 Å². The molecule has 1 saturated heterocycles. The van der Waals surface area contributed by atoms with Crippen molar-refractivity contribution in [3.8, 4) is 11.4 Å². The molecule has 3 aromatic rings. The van der Waals surface area contributed by atoms with Crippen molar-refractivity contribution >= 4 is 5.69 Å². The maximum absolute atomic E-state index is 9.64. The quantitative estimate of drug-likeness (QED) is 0.558. The molecule has 0 spiro atoms. The molecular formula is C23H30N6O. The van der Waals surface area contributed by atoms with E-state index >= 15 is 0 Å². The molecule has 2 aromatic heterocycles. The van der Waals surface area contributed by atoms with Gasteiger partial charge in [0, 0.05) is 55.3 Å². The number of rotatable bonds is 7. The molecule has 4 rings (SSSR count). The summed E-state index contributed by atoms with van der Waals surface area (Å²) in [4.78, 5) is 11.4. The number of hydrogen-bond donors (Lipinski definition) is 3. The van der Waals surface area contributed by atoms with Gasteiger partial charge in [-0.2, -0.15) is 5.10 Å². The SMILES string of the molecule is CC(C)(CO)CN1CCC(Nc2ccccc2)(c2nc(-c3ccncc3)n[nH]2)CC1. The van der Waals surface area contributed by atoms with Crippen molar-refractivity contribution in [2.75, 3.05) is 31.6 Å². The molecule has 0 radical (unpaired) electrons. The molecule has 1 aliphatic rings. The molecule has 0 unspecified atom stereocenters. The van der Waals surface area contributed by atoms with Crippen molar-refractivity contribution in [3.63, 3.8) is 0 Å². The van der Waals surface area contributed by atoms with E-state index in [4.69, 9.17) is 4.98 Å². The minimum atomic E-state index is -0.320. The molecule has 1 fully saturated rings. The zero-order valence-electron chi connectivity index (χ0n) is 17.7. The predicted molar refractivity (Wildman–Crippen MR) is 118 cm³/mol. The monoisotopic (exact) mass is 406 g/mol. The molecule has 0 atom stereocenters. The zero-order chi connectivity index (χ0) is 21.0. The van der Waals surface area contributed by atoms with Gasteiger partial charge in [0.2, 0.25) is 0 Å². The summed E-state index contributed by atoms with van der Waals surface area (Å²) in [5.41, 5.74) is 1.60. The summed E-state index contributed by atoms with van der Waals surface area (Å²) in [5, 5.41) is 21.1. The van der Waals surface area contributed by atoms with Crippen LogP contribution in [0.15, 0.2) is 54.9 Å². The first-order valence-corrected chi connectivity index (χ1v) is 10.5. The van der Waals surface area contributed by atoms with Gasteiger partial charge < -0.3 is 15.3 Å². The third kappa shape index (κ3) is 4.52. The van der Waals surface area contributed by atoms with E-state index in [2.05, 4.69) is 51.4 Å². The molecule has 1 aromatic carbocycles. The van der Waals surface area contributed by atoms with Crippen molar-refractivity contribution in [2.45, 2.75) is 32.2 Å². The predicted octanol–water partition coefficient (Wildman–Crippen LogP) is 3.29. The van der Waals surface area contributed by atoms with Gasteiger partial charge in [-0.15, -0.1) is 0 Å². The molecule has 3 heterocycles. The maximum atomic E-state index is 9.64. The van der Waals surface area contributed by atoms with Crippen LogP contribution in [0.2, 0.25) is 0 Å². The number of likely N-dealkylation sites (tertiary alicyclic amines) is 1. The van der Waals surface area contributed by atoms with Crippen LogP contribution < -0.4 is 5.32 Å². The average molecular weight is 407 g/mol. The first kappa shape index (κ1) is 20.5. The zero-order valence-corrected chi connectivity index (χ0v) is 17.7. The molecule has 1 aliphatic heterocycles. The Morgan fingerprint density at radius 3 is 2.47 bits per heavy atom. The molecule has 0 bridgehead atoms. The second-order valence-corrected chi connectivity index (χ2v) is 8.92. The number of pyridine rings is 1. The molecule has 30 heavy (non-hydrogen) atoms. The van der Waals surface area contributed by atoms with Gasteiger partial charge in [-0.1, -0.05) is 32.0 Å². The highest BCUT2D eigenvalue weighted by Gasteiger charge is 2.40. The number of para-hydroxylation sites is 1. The molecule has 7 heteroatoms. The van der Waals surface area contributed by atoms with Crippen LogP contribution in [0, 0.1) is 5.41 Å². The standard InChI is InChI=1S/C23H30N6O/c1-22(2,17-30)16-29-14-10-23(11-15-29,26-19-6-4-3-5-7-19)21-25-20(27-28-21)18-8-12-24-13-9-18/h3-9,12-13,26,30H,10-11,14-17H2,1-2H3,(H,25,27,28). The van der Waals surface area contributed by atoms with E-state index in [0.717, 1.165) is 49.6 Å². The molecule has 0 aliphatic carbocycles. The summed E-state index contributed by atoms with van der Waals surface area (Å²) < 4.78 is 0. The van der Waals surface area contributed by atoms with Gasteiger partial charge in [-0.25, -0.2) is 4.98 Å². The van der Waals surface area contributed by atoms with E-state index in [9.17, 15) is 5.11 Å². The van der Waals surface area contributed by atoms with Crippen LogP contribution in [0.4, 0.5) is 5.69 Å². The summed E-state index contributed by atoms with van der Waals surface area (Å²) >= 11 is 0. The molecule has 3 N–H and O–H groups in total. The van der Waals surface area contributed by atoms with Crippen LogP contribution in [0.3, 0.4) is 0 Å². The van der Waals surface area contributed by atoms with Crippen LogP contribution in [-0.2, 0) is 5.54 Å². The Kier molecular flexibility index (Phi) is 5.83. The van der Waals surface area contributed by atoms with Crippen molar-refractivity contribution in [1.29, 1.82) is 0 Å². The molecule has 0 saturated carbocycles. The fraction of sp³-hybridized carbons (Fsp3) is 0.435. The smallest absolute Gasteiger partial charge is 0.181 e. The number of aromatic amines is 1. The van der Waals surface area contributed by atoms with E-state index < -0.39 is 0 Å². The number of nitrogens with zero attached hydrogens (tertiary/aromatic N) is 4.